The largest absolute Gasteiger partial charge is 0.394 e. The van der Waals surface area contributed by atoms with Gasteiger partial charge in [0.15, 0.2) is 0 Å². The summed E-state index contributed by atoms with van der Waals surface area (Å²) in [6, 6.07) is 0.184. The van der Waals surface area contributed by atoms with Crippen molar-refractivity contribution in [2.24, 2.45) is 0 Å². The van der Waals surface area contributed by atoms with Crippen LogP contribution in [0.1, 0.15) is 6.92 Å². The lowest BCUT2D eigenvalue weighted by Gasteiger charge is -2.26. The van der Waals surface area contributed by atoms with E-state index < -0.39 is 0 Å². The zero-order valence-electron chi connectivity index (χ0n) is 13.7. The van der Waals surface area contributed by atoms with Gasteiger partial charge in [0.2, 0.25) is 0 Å². The standard InChI is InChI=1S/C15H32NO6/c1-15(2)16(3-7-19-11-13-21-9-5-17)4-8-20-12-14-22-10-6-18/h15,17-18H,1,3-14H2,2H3. The average molecular weight is 322 g/mol. The van der Waals surface area contributed by atoms with Crippen LogP contribution in [0.2, 0.25) is 0 Å². The number of aliphatic hydroxyl groups excluding tert-OH is 2. The monoisotopic (exact) mass is 322 g/mol. The molecule has 22 heavy (non-hydrogen) atoms. The number of rotatable bonds is 17. The van der Waals surface area contributed by atoms with Crippen LogP contribution >= 0.6 is 0 Å². The van der Waals surface area contributed by atoms with E-state index >= 15 is 0 Å². The lowest BCUT2D eigenvalue weighted by molar-refractivity contribution is 0.0118. The second-order valence-electron chi connectivity index (χ2n) is 4.78. The van der Waals surface area contributed by atoms with Crippen LogP contribution < -0.4 is 0 Å². The zero-order chi connectivity index (χ0) is 16.5. The first-order valence-corrected chi connectivity index (χ1v) is 7.82. The van der Waals surface area contributed by atoms with Crippen molar-refractivity contribution in [1.82, 2.24) is 4.90 Å². The van der Waals surface area contributed by atoms with Crippen LogP contribution in [0.5, 0.6) is 0 Å². The molecule has 0 amide bonds. The maximum Gasteiger partial charge on any atom is 0.0701 e. The summed E-state index contributed by atoms with van der Waals surface area (Å²) in [6.45, 7) is 11.7. The molecule has 0 aromatic carbocycles. The van der Waals surface area contributed by atoms with E-state index in [9.17, 15) is 0 Å². The zero-order valence-corrected chi connectivity index (χ0v) is 13.7. The first-order chi connectivity index (χ1) is 10.7. The molecule has 1 unspecified atom stereocenters. The van der Waals surface area contributed by atoms with Crippen LogP contribution in [0.15, 0.2) is 0 Å². The molecule has 7 heteroatoms. The summed E-state index contributed by atoms with van der Waals surface area (Å²) in [5, 5.41) is 17.1. The van der Waals surface area contributed by atoms with Crippen LogP contribution in [0.4, 0.5) is 0 Å². The fraction of sp³-hybridized carbons (Fsp3) is 0.933. The van der Waals surface area contributed by atoms with E-state index in [1.165, 1.54) is 0 Å². The van der Waals surface area contributed by atoms with Gasteiger partial charge in [-0.2, -0.15) is 0 Å². The van der Waals surface area contributed by atoms with Gasteiger partial charge in [0, 0.05) is 19.1 Å². The quantitative estimate of drug-likeness (QED) is 0.351. The molecule has 0 saturated heterocycles. The van der Waals surface area contributed by atoms with Crippen molar-refractivity contribution >= 4 is 0 Å². The fourth-order valence-corrected chi connectivity index (χ4v) is 1.69. The third-order valence-electron chi connectivity index (χ3n) is 2.88. The SMILES string of the molecule is [CH2]C(C)N(CCOCCOCCO)CCOCCOCCO. The van der Waals surface area contributed by atoms with Gasteiger partial charge in [-0.3, -0.25) is 4.90 Å². The first-order valence-electron chi connectivity index (χ1n) is 7.82. The summed E-state index contributed by atoms with van der Waals surface area (Å²) in [5.41, 5.74) is 0. The predicted molar refractivity (Wildman–Crippen MR) is 83.8 cm³/mol. The van der Waals surface area contributed by atoms with Gasteiger partial charge in [-0.15, -0.1) is 0 Å². The molecule has 0 spiro atoms. The molecule has 0 aliphatic heterocycles. The van der Waals surface area contributed by atoms with Crippen LogP contribution in [-0.4, -0.2) is 100 Å². The minimum Gasteiger partial charge on any atom is -0.394 e. The molecule has 0 heterocycles. The van der Waals surface area contributed by atoms with Crippen LogP contribution in [0, 0.1) is 6.92 Å². The van der Waals surface area contributed by atoms with E-state index in [-0.39, 0.29) is 19.3 Å². The third-order valence-corrected chi connectivity index (χ3v) is 2.88. The fourth-order valence-electron chi connectivity index (χ4n) is 1.69. The molecule has 1 radical (unpaired) electrons. The Morgan fingerprint density at radius 1 is 0.727 bits per heavy atom. The van der Waals surface area contributed by atoms with Gasteiger partial charge in [-0.05, 0) is 13.8 Å². The lowest BCUT2D eigenvalue weighted by atomic mass is 10.3. The molecule has 2 N–H and O–H groups in total. The molecule has 0 fully saturated rings. The van der Waals surface area contributed by atoms with E-state index in [4.69, 9.17) is 29.2 Å². The number of aliphatic hydroxyl groups is 2. The molecule has 1 atom stereocenters. The maximum atomic E-state index is 8.56. The summed E-state index contributed by atoms with van der Waals surface area (Å²) in [5.74, 6) is 0. The van der Waals surface area contributed by atoms with E-state index in [0.717, 1.165) is 13.1 Å². The first kappa shape index (κ1) is 21.7. The minimum atomic E-state index is 0.0395. The molecule has 0 bridgehead atoms. The molecule has 7 nitrogen and oxygen atoms in total. The Balaban J connectivity index is 3.49. The Labute approximate surface area is 134 Å². The second kappa shape index (κ2) is 17.1. The average Bonchev–Trinajstić information content (AvgIpc) is 2.50. The minimum absolute atomic E-state index is 0.0395. The molecular weight excluding hydrogens is 290 g/mol. The van der Waals surface area contributed by atoms with E-state index in [2.05, 4.69) is 11.8 Å². The Morgan fingerprint density at radius 3 is 1.41 bits per heavy atom. The number of ether oxygens (including phenoxy) is 4. The van der Waals surface area contributed by atoms with Gasteiger partial charge in [0.1, 0.15) is 0 Å². The Kier molecular flexibility index (Phi) is 16.9. The van der Waals surface area contributed by atoms with Gasteiger partial charge in [-0.1, -0.05) is 0 Å². The van der Waals surface area contributed by atoms with Crippen molar-refractivity contribution in [1.29, 1.82) is 0 Å². The topological polar surface area (TPSA) is 80.6 Å². The number of hydrogen-bond donors (Lipinski definition) is 2. The maximum absolute atomic E-state index is 8.56. The van der Waals surface area contributed by atoms with Crippen molar-refractivity contribution in [3.8, 4) is 0 Å². The van der Waals surface area contributed by atoms with E-state index in [0.29, 0.717) is 52.9 Å². The van der Waals surface area contributed by atoms with Gasteiger partial charge in [0.25, 0.3) is 0 Å². The summed E-state index contributed by atoms with van der Waals surface area (Å²) < 4.78 is 21.2. The Bertz CT molecular complexity index is 200. The molecule has 0 aliphatic rings. The molecule has 0 rings (SSSR count). The van der Waals surface area contributed by atoms with Crippen LogP contribution in [0.25, 0.3) is 0 Å². The highest BCUT2D eigenvalue weighted by molar-refractivity contribution is 4.68. The summed E-state index contributed by atoms with van der Waals surface area (Å²) in [7, 11) is 0. The highest BCUT2D eigenvalue weighted by Gasteiger charge is 2.08. The molecule has 0 aliphatic carbocycles. The van der Waals surface area contributed by atoms with Gasteiger partial charge >= 0.3 is 0 Å². The molecule has 0 aromatic rings. The van der Waals surface area contributed by atoms with Crippen LogP contribution in [-0.2, 0) is 18.9 Å². The highest BCUT2D eigenvalue weighted by atomic mass is 16.5. The predicted octanol–water partition coefficient (Wildman–Crippen LogP) is -0.438. The number of nitrogens with zero attached hydrogens (tertiary/aromatic N) is 1. The summed E-state index contributed by atoms with van der Waals surface area (Å²) >= 11 is 0. The van der Waals surface area contributed by atoms with Crippen molar-refractivity contribution < 1.29 is 29.2 Å². The van der Waals surface area contributed by atoms with Gasteiger partial charge in [0.05, 0.1) is 66.1 Å². The molecule has 0 saturated carbocycles. The Hall–Kier alpha value is -0.280. The lowest BCUT2D eigenvalue weighted by Crippen LogP contribution is -2.37. The van der Waals surface area contributed by atoms with Crippen molar-refractivity contribution in [3.05, 3.63) is 6.92 Å². The smallest absolute Gasteiger partial charge is 0.0701 e. The second-order valence-corrected chi connectivity index (χ2v) is 4.78. The van der Waals surface area contributed by atoms with Gasteiger partial charge in [-0.25, -0.2) is 0 Å². The molecule has 0 aromatic heterocycles. The van der Waals surface area contributed by atoms with Crippen LogP contribution in [0.3, 0.4) is 0 Å². The highest BCUT2D eigenvalue weighted by Crippen LogP contribution is 1.97. The van der Waals surface area contributed by atoms with Crippen molar-refractivity contribution in [2.75, 3.05) is 79.2 Å². The van der Waals surface area contributed by atoms with E-state index in [1.54, 1.807) is 0 Å². The van der Waals surface area contributed by atoms with Gasteiger partial charge < -0.3 is 29.2 Å². The molecular formula is C15H32NO6. The van der Waals surface area contributed by atoms with Crippen molar-refractivity contribution in [2.45, 2.75) is 13.0 Å². The van der Waals surface area contributed by atoms with E-state index in [1.807, 2.05) is 6.92 Å². The molecule has 133 valence electrons. The number of hydrogen-bond acceptors (Lipinski definition) is 7. The van der Waals surface area contributed by atoms with Crippen molar-refractivity contribution in [3.63, 3.8) is 0 Å². The summed E-state index contributed by atoms with van der Waals surface area (Å²) in [4.78, 5) is 2.18. The Morgan fingerprint density at radius 2 is 1.09 bits per heavy atom. The summed E-state index contributed by atoms with van der Waals surface area (Å²) in [6.07, 6.45) is 0. The normalized spacial score (nSPS) is 11.7. The third kappa shape index (κ3) is 14.6.